The fourth-order valence-corrected chi connectivity index (χ4v) is 4.86. The summed E-state index contributed by atoms with van der Waals surface area (Å²) in [5, 5.41) is 11.1. The number of rotatable bonds is 6. The second-order valence-corrected chi connectivity index (χ2v) is 8.80. The van der Waals surface area contributed by atoms with E-state index >= 15 is 0 Å². The Morgan fingerprint density at radius 2 is 1.55 bits per heavy atom. The molecule has 0 saturated heterocycles. The molecule has 3 aromatic carbocycles. The third-order valence-electron chi connectivity index (χ3n) is 4.75. The van der Waals surface area contributed by atoms with E-state index in [1.165, 1.54) is 22.5 Å². The van der Waals surface area contributed by atoms with Gasteiger partial charge >= 0.3 is 0 Å². The summed E-state index contributed by atoms with van der Waals surface area (Å²) in [7, 11) is -4.06. The molecular formula is C22H22N2O4S. The highest BCUT2D eigenvalue weighted by atomic mass is 32.2. The van der Waals surface area contributed by atoms with Crippen LogP contribution in [0, 0.1) is 24.0 Å². The molecular weight excluding hydrogens is 388 g/mol. The Morgan fingerprint density at radius 1 is 0.897 bits per heavy atom. The Bertz CT molecular complexity index is 1140. The van der Waals surface area contributed by atoms with Crippen LogP contribution in [0.1, 0.15) is 29.7 Å². The van der Waals surface area contributed by atoms with Gasteiger partial charge in [0.1, 0.15) is 0 Å². The van der Waals surface area contributed by atoms with Gasteiger partial charge in [0.25, 0.3) is 15.7 Å². The van der Waals surface area contributed by atoms with Gasteiger partial charge in [-0.25, -0.2) is 8.42 Å². The summed E-state index contributed by atoms with van der Waals surface area (Å²) in [4.78, 5) is 10.4. The van der Waals surface area contributed by atoms with Gasteiger partial charge in [0.05, 0.1) is 21.5 Å². The van der Waals surface area contributed by atoms with Crippen molar-refractivity contribution in [2.75, 3.05) is 4.31 Å². The molecule has 0 aliphatic heterocycles. The number of nitrogens with zero attached hydrogens (tertiary/aromatic N) is 2. The monoisotopic (exact) mass is 410 g/mol. The number of benzene rings is 3. The molecule has 0 fully saturated rings. The molecule has 7 heteroatoms. The van der Waals surface area contributed by atoms with Crippen LogP contribution in [0.2, 0.25) is 0 Å². The molecule has 150 valence electrons. The van der Waals surface area contributed by atoms with Gasteiger partial charge < -0.3 is 0 Å². The minimum atomic E-state index is -4.06. The number of aryl methyl sites for hydroxylation is 2. The summed E-state index contributed by atoms with van der Waals surface area (Å²) < 4.78 is 28.5. The normalized spacial score (nSPS) is 12.4. The standard InChI is InChI=1S/C22H22N2O4S/c1-16-10-12-19(13-11-16)18(3)23(20-7-4-6-17(2)14-20)29(27,28)22-9-5-8-21(15-22)24(25)26/h4-15,18H,1-3H3/t18-/m0/s1. The van der Waals surface area contributed by atoms with Crippen LogP contribution >= 0.6 is 0 Å². The van der Waals surface area contributed by atoms with Gasteiger partial charge in [-0.3, -0.25) is 14.4 Å². The molecule has 0 bridgehead atoms. The number of nitro groups is 1. The van der Waals surface area contributed by atoms with Crippen LogP contribution in [0.4, 0.5) is 11.4 Å². The fourth-order valence-electron chi connectivity index (χ4n) is 3.19. The first-order valence-corrected chi connectivity index (χ1v) is 10.6. The van der Waals surface area contributed by atoms with E-state index in [1.807, 2.05) is 51.1 Å². The Balaban J connectivity index is 2.17. The van der Waals surface area contributed by atoms with Gasteiger partial charge in [-0.1, -0.05) is 48.0 Å². The van der Waals surface area contributed by atoms with Crippen molar-refractivity contribution in [2.24, 2.45) is 0 Å². The lowest BCUT2D eigenvalue weighted by Gasteiger charge is -2.31. The molecule has 0 radical (unpaired) electrons. The van der Waals surface area contributed by atoms with E-state index in [9.17, 15) is 18.5 Å². The molecule has 0 saturated carbocycles. The van der Waals surface area contributed by atoms with E-state index in [0.29, 0.717) is 5.69 Å². The molecule has 0 unspecified atom stereocenters. The molecule has 0 N–H and O–H groups in total. The first-order chi connectivity index (χ1) is 13.7. The second kappa shape index (κ2) is 8.05. The average molecular weight is 410 g/mol. The summed E-state index contributed by atoms with van der Waals surface area (Å²) in [5.41, 5.74) is 3.05. The maximum absolute atomic E-state index is 13.6. The van der Waals surface area contributed by atoms with Gasteiger partial charge in [-0.2, -0.15) is 0 Å². The lowest BCUT2D eigenvalue weighted by Crippen LogP contribution is -2.33. The minimum absolute atomic E-state index is 0.118. The Labute approximate surface area is 170 Å². The molecule has 0 aliphatic rings. The lowest BCUT2D eigenvalue weighted by molar-refractivity contribution is -0.385. The zero-order valence-electron chi connectivity index (χ0n) is 16.4. The van der Waals surface area contributed by atoms with E-state index < -0.39 is 21.0 Å². The van der Waals surface area contributed by atoms with Crippen molar-refractivity contribution >= 4 is 21.4 Å². The molecule has 6 nitrogen and oxygen atoms in total. The third kappa shape index (κ3) is 4.30. The molecule has 0 aromatic heterocycles. The predicted octanol–water partition coefficient (Wildman–Crippen LogP) is 5.17. The van der Waals surface area contributed by atoms with Crippen molar-refractivity contribution in [3.8, 4) is 0 Å². The molecule has 3 aromatic rings. The first kappa shape index (κ1) is 20.5. The number of sulfonamides is 1. The Hall–Kier alpha value is -3.19. The quantitative estimate of drug-likeness (QED) is 0.415. The van der Waals surface area contributed by atoms with Crippen molar-refractivity contribution in [3.05, 3.63) is 99.6 Å². The topological polar surface area (TPSA) is 80.5 Å². The maximum atomic E-state index is 13.6. The highest BCUT2D eigenvalue weighted by Crippen LogP contribution is 2.34. The van der Waals surface area contributed by atoms with Crippen LogP contribution in [0.15, 0.2) is 77.7 Å². The van der Waals surface area contributed by atoms with Crippen molar-refractivity contribution in [2.45, 2.75) is 31.7 Å². The molecule has 0 amide bonds. The molecule has 29 heavy (non-hydrogen) atoms. The van der Waals surface area contributed by atoms with Gasteiger partial charge in [-0.05, 0) is 50.1 Å². The van der Waals surface area contributed by atoms with Gasteiger partial charge in [0, 0.05) is 12.1 Å². The number of hydrogen-bond donors (Lipinski definition) is 0. The van der Waals surface area contributed by atoms with Crippen LogP contribution in [0.25, 0.3) is 0 Å². The van der Waals surface area contributed by atoms with E-state index in [2.05, 4.69) is 0 Å². The predicted molar refractivity (Wildman–Crippen MR) is 114 cm³/mol. The largest absolute Gasteiger partial charge is 0.270 e. The van der Waals surface area contributed by atoms with Gasteiger partial charge in [0.15, 0.2) is 0 Å². The average Bonchev–Trinajstić information content (AvgIpc) is 2.68. The van der Waals surface area contributed by atoms with Crippen LogP contribution in [0.3, 0.4) is 0 Å². The summed E-state index contributed by atoms with van der Waals surface area (Å²) in [6.45, 7) is 5.66. The van der Waals surface area contributed by atoms with Gasteiger partial charge in [-0.15, -0.1) is 0 Å². The van der Waals surface area contributed by atoms with Crippen molar-refractivity contribution < 1.29 is 13.3 Å². The van der Waals surface area contributed by atoms with Crippen LogP contribution in [0.5, 0.6) is 0 Å². The third-order valence-corrected chi connectivity index (χ3v) is 6.65. The number of anilines is 1. The van der Waals surface area contributed by atoms with Crippen LogP contribution in [-0.2, 0) is 10.0 Å². The smallest absolute Gasteiger partial charge is 0.259 e. The van der Waals surface area contributed by atoms with Gasteiger partial charge in [0.2, 0.25) is 0 Å². The van der Waals surface area contributed by atoms with Crippen molar-refractivity contribution in [1.82, 2.24) is 0 Å². The van der Waals surface area contributed by atoms with E-state index in [4.69, 9.17) is 0 Å². The Kier molecular flexibility index (Phi) is 5.70. The highest BCUT2D eigenvalue weighted by Gasteiger charge is 2.31. The first-order valence-electron chi connectivity index (χ1n) is 9.12. The summed E-state index contributed by atoms with van der Waals surface area (Å²) in [5.74, 6) is 0. The van der Waals surface area contributed by atoms with E-state index in [1.54, 1.807) is 18.2 Å². The number of non-ortho nitro benzene ring substituents is 1. The van der Waals surface area contributed by atoms with E-state index in [0.717, 1.165) is 22.8 Å². The SMILES string of the molecule is Cc1ccc([C@H](C)N(c2cccc(C)c2)S(=O)(=O)c2cccc([N+](=O)[O-])c2)cc1. The molecule has 0 aliphatic carbocycles. The van der Waals surface area contributed by atoms with Crippen LogP contribution < -0.4 is 4.31 Å². The second-order valence-electron chi connectivity index (χ2n) is 6.98. The van der Waals surface area contributed by atoms with Crippen molar-refractivity contribution in [1.29, 1.82) is 0 Å². The molecule has 3 rings (SSSR count). The molecule has 0 heterocycles. The summed E-state index contributed by atoms with van der Waals surface area (Å²) in [6.07, 6.45) is 0. The maximum Gasteiger partial charge on any atom is 0.270 e. The number of hydrogen-bond acceptors (Lipinski definition) is 4. The zero-order valence-corrected chi connectivity index (χ0v) is 17.3. The zero-order chi connectivity index (χ0) is 21.2. The Morgan fingerprint density at radius 3 is 2.17 bits per heavy atom. The number of nitro benzene ring substituents is 1. The molecule has 1 atom stereocenters. The lowest BCUT2D eigenvalue weighted by atomic mass is 10.1. The molecule has 0 spiro atoms. The summed E-state index contributed by atoms with van der Waals surface area (Å²) >= 11 is 0. The highest BCUT2D eigenvalue weighted by molar-refractivity contribution is 7.92. The van der Waals surface area contributed by atoms with E-state index in [-0.39, 0.29) is 10.6 Å². The minimum Gasteiger partial charge on any atom is -0.259 e. The van der Waals surface area contributed by atoms with Crippen molar-refractivity contribution in [3.63, 3.8) is 0 Å². The fraction of sp³-hybridized carbons (Fsp3) is 0.182. The van der Waals surface area contributed by atoms with Crippen LogP contribution in [-0.4, -0.2) is 13.3 Å². The summed E-state index contributed by atoms with van der Waals surface area (Å²) in [6, 6.07) is 19.5.